The largest absolute Gasteiger partial charge is 0.387 e. The standard InChI is InChI=1S/C15H13FN2O.C2H6/c1-10(2)13-6-12(16)7-14(15(13)19-9-17)11-4-3-5-18-8-11;1-2/h3-8,10H,1-2H3;1-2H3. The van der Waals surface area contributed by atoms with Crippen LogP contribution in [0.5, 0.6) is 5.75 Å². The van der Waals surface area contributed by atoms with E-state index in [9.17, 15) is 4.39 Å². The van der Waals surface area contributed by atoms with Crippen molar-refractivity contribution in [1.82, 2.24) is 4.98 Å². The quantitative estimate of drug-likeness (QED) is 0.754. The molecule has 0 radical (unpaired) electrons. The molecule has 2 rings (SSSR count). The second-order valence-electron chi connectivity index (χ2n) is 4.46. The first-order valence-corrected chi connectivity index (χ1v) is 6.93. The minimum Gasteiger partial charge on any atom is -0.387 e. The lowest BCUT2D eigenvalue weighted by Gasteiger charge is -2.14. The highest BCUT2D eigenvalue weighted by Crippen LogP contribution is 2.37. The van der Waals surface area contributed by atoms with Gasteiger partial charge in [-0.05, 0) is 24.1 Å². The number of aromatic nitrogens is 1. The van der Waals surface area contributed by atoms with E-state index in [1.165, 1.54) is 12.1 Å². The Kier molecular flexibility index (Phi) is 6.35. The summed E-state index contributed by atoms with van der Waals surface area (Å²) in [5.74, 6) is 0.0919. The van der Waals surface area contributed by atoms with E-state index in [0.717, 1.165) is 0 Å². The van der Waals surface area contributed by atoms with E-state index in [-0.39, 0.29) is 11.7 Å². The lowest BCUT2D eigenvalue weighted by molar-refractivity contribution is 0.495. The van der Waals surface area contributed by atoms with Gasteiger partial charge < -0.3 is 4.74 Å². The number of nitriles is 1. The highest BCUT2D eigenvalue weighted by molar-refractivity contribution is 5.72. The monoisotopic (exact) mass is 286 g/mol. The average molecular weight is 286 g/mol. The number of halogens is 1. The van der Waals surface area contributed by atoms with Gasteiger partial charge in [0.25, 0.3) is 6.26 Å². The average Bonchev–Trinajstić information content (AvgIpc) is 2.51. The first-order chi connectivity index (χ1) is 10.1. The molecule has 0 aliphatic rings. The molecule has 1 aromatic carbocycles. The molecule has 1 heterocycles. The van der Waals surface area contributed by atoms with Gasteiger partial charge in [0.1, 0.15) is 5.82 Å². The third-order valence-electron chi connectivity index (χ3n) is 2.82. The van der Waals surface area contributed by atoms with Crippen molar-refractivity contribution in [2.45, 2.75) is 33.6 Å². The van der Waals surface area contributed by atoms with Crippen molar-refractivity contribution in [3.05, 3.63) is 48.0 Å². The molecule has 0 bridgehead atoms. The molecule has 3 nitrogen and oxygen atoms in total. The molecular formula is C17H19FN2O. The summed E-state index contributed by atoms with van der Waals surface area (Å²) in [4.78, 5) is 4.01. The maximum atomic E-state index is 13.7. The van der Waals surface area contributed by atoms with Crippen molar-refractivity contribution in [3.63, 3.8) is 0 Å². The number of ether oxygens (including phenoxy) is 1. The van der Waals surface area contributed by atoms with Crippen LogP contribution in [0, 0.1) is 17.3 Å². The molecular weight excluding hydrogens is 267 g/mol. The van der Waals surface area contributed by atoms with Crippen LogP contribution in [-0.2, 0) is 0 Å². The summed E-state index contributed by atoms with van der Waals surface area (Å²) in [6, 6.07) is 6.31. The molecule has 0 N–H and O–H groups in total. The summed E-state index contributed by atoms with van der Waals surface area (Å²) < 4.78 is 18.8. The number of pyridine rings is 1. The van der Waals surface area contributed by atoms with Gasteiger partial charge in [0, 0.05) is 29.1 Å². The van der Waals surface area contributed by atoms with Crippen LogP contribution in [0.4, 0.5) is 4.39 Å². The van der Waals surface area contributed by atoms with Crippen LogP contribution in [0.3, 0.4) is 0 Å². The maximum absolute atomic E-state index is 13.7. The first kappa shape index (κ1) is 16.6. The van der Waals surface area contributed by atoms with E-state index in [1.807, 2.05) is 27.7 Å². The highest BCUT2D eigenvalue weighted by atomic mass is 19.1. The van der Waals surface area contributed by atoms with E-state index in [0.29, 0.717) is 22.4 Å². The summed E-state index contributed by atoms with van der Waals surface area (Å²) >= 11 is 0. The van der Waals surface area contributed by atoms with Crippen LogP contribution in [0.2, 0.25) is 0 Å². The van der Waals surface area contributed by atoms with Crippen molar-refractivity contribution in [2.75, 3.05) is 0 Å². The number of hydrogen-bond acceptors (Lipinski definition) is 3. The molecule has 0 fully saturated rings. The van der Waals surface area contributed by atoms with E-state index >= 15 is 0 Å². The lowest BCUT2D eigenvalue weighted by atomic mass is 9.96. The fourth-order valence-electron chi connectivity index (χ4n) is 1.94. The fraction of sp³-hybridized carbons (Fsp3) is 0.294. The van der Waals surface area contributed by atoms with Gasteiger partial charge >= 0.3 is 0 Å². The van der Waals surface area contributed by atoms with E-state index in [1.54, 1.807) is 30.8 Å². The first-order valence-electron chi connectivity index (χ1n) is 6.93. The smallest absolute Gasteiger partial charge is 0.292 e. The molecule has 0 saturated heterocycles. The molecule has 0 aliphatic carbocycles. The molecule has 0 amide bonds. The molecule has 0 aliphatic heterocycles. The molecule has 0 spiro atoms. The van der Waals surface area contributed by atoms with E-state index in [2.05, 4.69) is 4.98 Å². The lowest BCUT2D eigenvalue weighted by Crippen LogP contribution is -1.98. The molecule has 21 heavy (non-hydrogen) atoms. The van der Waals surface area contributed by atoms with Gasteiger partial charge in [-0.25, -0.2) is 4.39 Å². The third kappa shape index (κ3) is 4.03. The Morgan fingerprint density at radius 3 is 2.52 bits per heavy atom. The fourth-order valence-corrected chi connectivity index (χ4v) is 1.94. The van der Waals surface area contributed by atoms with Crippen molar-refractivity contribution in [3.8, 4) is 23.1 Å². The predicted octanol–water partition coefficient (Wildman–Crippen LogP) is 4.90. The van der Waals surface area contributed by atoms with E-state index < -0.39 is 0 Å². The summed E-state index contributed by atoms with van der Waals surface area (Å²) in [6.45, 7) is 7.85. The van der Waals surface area contributed by atoms with Crippen LogP contribution in [0.25, 0.3) is 11.1 Å². The van der Waals surface area contributed by atoms with Crippen molar-refractivity contribution < 1.29 is 9.13 Å². The second kappa shape index (κ2) is 8.01. The molecule has 1 aromatic heterocycles. The van der Waals surface area contributed by atoms with Crippen molar-refractivity contribution in [1.29, 1.82) is 5.26 Å². The van der Waals surface area contributed by atoms with Gasteiger partial charge in [-0.3, -0.25) is 4.98 Å². The van der Waals surface area contributed by atoms with Crippen LogP contribution in [-0.4, -0.2) is 4.98 Å². The zero-order valence-electron chi connectivity index (χ0n) is 12.7. The summed E-state index contributed by atoms with van der Waals surface area (Å²) in [6.07, 6.45) is 4.92. The van der Waals surface area contributed by atoms with Crippen LogP contribution in [0.1, 0.15) is 39.2 Å². The number of hydrogen-bond donors (Lipinski definition) is 0. The molecule has 2 aromatic rings. The molecule has 0 atom stereocenters. The predicted molar refractivity (Wildman–Crippen MR) is 81.3 cm³/mol. The summed E-state index contributed by atoms with van der Waals surface area (Å²) in [7, 11) is 0. The van der Waals surface area contributed by atoms with E-state index in [4.69, 9.17) is 10.00 Å². The SMILES string of the molecule is CC.CC(C)c1cc(F)cc(-c2cccnc2)c1OC#N. The van der Waals surface area contributed by atoms with Gasteiger partial charge in [0.05, 0.1) is 0 Å². The van der Waals surface area contributed by atoms with Crippen molar-refractivity contribution in [2.24, 2.45) is 0 Å². The third-order valence-corrected chi connectivity index (χ3v) is 2.82. The molecule has 4 heteroatoms. The van der Waals surface area contributed by atoms with Gasteiger partial charge in [0.15, 0.2) is 5.75 Å². The molecule has 110 valence electrons. The Morgan fingerprint density at radius 1 is 1.29 bits per heavy atom. The Hall–Kier alpha value is -2.41. The minimum absolute atomic E-state index is 0.0504. The highest BCUT2D eigenvalue weighted by Gasteiger charge is 2.17. The Balaban J connectivity index is 0.00000106. The van der Waals surface area contributed by atoms with Gasteiger partial charge in [-0.15, -0.1) is 5.26 Å². The molecule has 0 unspecified atom stereocenters. The Morgan fingerprint density at radius 2 is 2.00 bits per heavy atom. The van der Waals surface area contributed by atoms with Crippen molar-refractivity contribution >= 4 is 0 Å². The van der Waals surface area contributed by atoms with Gasteiger partial charge in [-0.2, -0.15) is 0 Å². The van der Waals surface area contributed by atoms with Gasteiger partial charge in [0.2, 0.25) is 0 Å². The minimum atomic E-state index is -0.354. The Labute approximate surface area is 125 Å². The summed E-state index contributed by atoms with van der Waals surface area (Å²) in [5, 5.41) is 8.78. The Bertz CT molecular complexity index is 619. The van der Waals surface area contributed by atoms with Crippen LogP contribution >= 0.6 is 0 Å². The van der Waals surface area contributed by atoms with Gasteiger partial charge in [-0.1, -0.05) is 33.8 Å². The normalized spacial score (nSPS) is 9.57. The molecule has 0 saturated carbocycles. The summed E-state index contributed by atoms with van der Waals surface area (Å²) in [5.41, 5.74) is 1.92. The van der Waals surface area contributed by atoms with Crippen LogP contribution in [0.15, 0.2) is 36.7 Å². The van der Waals surface area contributed by atoms with Crippen LogP contribution < -0.4 is 4.74 Å². The number of rotatable bonds is 3. The number of benzene rings is 1. The maximum Gasteiger partial charge on any atom is 0.292 e. The zero-order valence-corrected chi connectivity index (χ0v) is 12.7. The number of nitrogens with zero attached hydrogens (tertiary/aromatic N) is 2. The topological polar surface area (TPSA) is 45.9 Å². The zero-order chi connectivity index (χ0) is 15.8. The second-order valence-corrected chi connectivity index (χ2v) is 4.46.